The van der Waals surface area contributed by atoms with Crippen molar-refractivity contribution in [2.75, 3.05) is 0 Å². The van der Waals surface area contributed by atoms with E-state index >= 15 is 0 Å². The molecule has 5 nitrogen and oxygen atoms in total. The Bertz CT molecular complexity index is 834. The highest BCUT2D eigenvalue weighted by Crippen LogP contribution is 2.64. The van der Waals surface area contributed by atoms with E-state index < -0.39 is 35.7 Å². The number of carbonyl (C=O) groups excluding carboxylic acids is 3. The molecule has 0 radical (unpaired) electrons. The maximum Gasteiger partial charge on any atom is 0.490 e. The van der Waals surface area contributed by atoms with Gasteiger partial charge in [0.2, 0.25) is 0 Å². The van der Waals surface area contributed by atoms with Crippen LogP contribution in [-0.2, 0) is 23.9 Å². The minimum atomic E-state index is -5.12. The van der Waals surface area contributed by atoms with Gasteiger partial charge in [0.1, 0.15) is 11.9 Å². The predicted molar refractivity (Wildman–Crippen MR) is 104 cm³/mol. The Morgan fingerprint density at radius 2 is 1.68 bits per heavy atom. The first-order chi connectivity index (χ1) is 14.4. The van der Waals surface area contributed by atoms with E-state index in [1.165, 1.54) is 6.92 Å². The van der Waals surface area contributed by atoms with Gasteiger partial charge in [0, 0.05) is 18.8 Å². The van der Waals surface area contributed by atoms with Crippen LogP contribution < -0.4 is 0 Å². The summed E-state index contributed by atoms with van der Waals surface area (Å²) in [5.74, 6) is -1.81. The fraction of sp³-hybridized carbons (Fsp3) is 0.783. The molecule has 0 aromatic rings. The number of ether oxygens (including phenoxy) is 2. The molecule has 0 spiro atoms. The molecule has 0 aliphatic heterocycles. The van der Waals surface area contributed by atoms with E-state index in [9.17, 15) is 27.6 Å². The second kappa shape index (κ2) is 7.34. The zero-order valence-corrected chi connectivity index (χ0v) is 18.1. The van der Waals surface area contributed by atoms with Crippen molar-refractivity contribution in [2.24, 2.45) is 28.6 Å². The van der Waals surface area contributed by atoms with Crippen LogP contribution in [0.5, 0.6) is 0 Å². The van der Waals surface area contributed by atoms with E-state index in [1.54, 1.807) is 0 Å². The first kappa shape index (κ1) is 22.3. The van der Waals surface area contributed by atoms with Crippen molar-refractivity contribution >= 4 is 17.7 Å². The van der Waals surface area contributed by atoms with Crippen LogP contribution in [0, 0.1) is 28.6 Å². The molecular weight excluding hydrogens is 413 g/mol. The van der Waals surface area contributed by atoms with Crippen molar-refractivity contribution in [1.29, 1.82) is 0 Å². The largest absolute Gasteiger partial charge is 0.490 e. The van der Waals surface area contributed by atoms with Gasteiger partial charge in [-0.25, -0.2) is 4.79 Å². The molecule has 3 fully saturated rings. The van der Waals surface area contributed by atoms with Gasteiger partial charge in [-0.05, 0) is 67.3 Å². The summed E-state index contributed by atoms with van der Waals surface area (Å²) in [6.45, 7) is 5.30. The maximum absolute atomic E-state index is 13.0. The van der Waals surface area contributed by atoms with Crippen molar-refractivity contribution in [3.63, 3.8) is 0 Å². The highest BCUT2D eigenvalue weighted by molar-refractivity contribution is 5.87. The summed E-state index contributed by atoms with van der Waals surface area (Å²) in [7, 11) is 0. The summed E-state index contributed by atoms with van der Waals surface area (Å²) in [5, 5.41) is 0. The third-order valence-electron chi connectivity index (χ3n) is 8.61. The van der Waals surface area contributed by atoms with Crippen LogP contribution in [0.15, 0.2) is 11.6 Å². The number of halogens is 3. The number of hydrogen-bond donors (Lipinski definition) is 0. The molecule has 4 aliphatic carbocycles. The Morgan fingerprint density at radius 1 is 1.03 bits per heavy atom. The molecule has 0 unspecified atom stereocenters. The van der Waals surface area contributed by atoms with E-state index in [2.05, 4.69) is 6.92 Å². The fourth-order valence-corrected chi connectivity index (χ4v) is 7.11. The molecule has 172 valence electrons. The number of Topliss-reactive ketones (excluding diaryl/α,β-unsaturated/α-hetero) is 1. The second-order valence-corrected chi connectivity index (χ2v) is 10.1. The molecule has 4 aliphatic rings. The number of allylic oxidation sites excluding steroid dienone is 1. The summed E-state index contributed by atoms with van der Waals surface area (Å²) in [5.41, 5.74) is -0.125. The SMILES string of the molecule is CC(=O)O[C@H]1CC[C@@]2(C)C(=CC[C@@H]3[C@@H]2CC[C@]2(C)C(=O)CC[C@@H]32)[C@H]1OC(=O)C(F)(F)F. The monoisotopic (exact) mass is 442 g/mol. The van der Waals surface area contributed by atoms with Crippen molar-refractivity contribution in [1.82, 2.24) is 0 Å². The number of alkyl halides is 3. The topological polar surface area (TPSA) is 69.7 Å². The number of fused-ring (bicyclic) bond motifs is 5. The smallest absolute Gasteiger partial charge is 0.458 e. The van der Waals surface area contributed by atoms with Gasteiger partial charge in [-0.3, -0.25) is 9.59 Å². The van der Waals surface area contributed by atoms with Crippen LogP contribution in [0.1, 0.15) is 65.7 Å². The lowest BCUT2D eigenvalue weighted by Gasteiger charge is -2.57. The second-order valence-electron chi connectivity index (χ2n) is 10.1. The molecule has 0 aromatic heterocycles. The third kappa shape index (κ3) is 3.50. The molecule has 31 heavy (non-hydrogen) atoms. The standard InChI is InChI=1S/C23H29F3O5/c1-12(27)30-17-9-11-21(2)15-8-10-22(3)14(6-7-18(22)28)13(15)4-5-16(21)19(17)31-20(29)23(24,25)26/h5,13-15,17,19H,4,6-11H2,1-3H3/t13-,14-,15-,17-,19+,21+,22-/m0/s1. The highest BCUT2D eigenvalue weighted by Gasteiger charge is 2.61. The van der Waals surface area contributed by atoms with Crippen molar-refractivity contribution in [2.45, 2.75) is 84.1 Å². The van der Waals surface area contributed by atoms with E-state index in [0.717, 1.165) is 19.3 Å². The molecule has 8 heteroatoms. The Kier molecular flexibility index (Phi) is 5.29. The zero-order valence-electron chi connectivity index (χ0n) is 18.1. The fourth-order valence-electron chi connectivity index (χ4n) is 7.11. The van der Waals surface area contributed by atoms with Gasteiger partial charge in [0.05, 0.1) is 0 Å². The van der Waals surface area contributed by atoms with Gasteiger partial charge < -0.3 is 9.47 Å². The van der Waals surface area contributed by atoms with E-state index in [1.807, 2.05) is 13.0 Å². The molecule has 0 amide bonds. The lowest BCUT2D eigenvalue weighted by molar-refractivity contribution is -0.212. The summed E-state index contributed by atoms with van der Waals surface area (Å²) in [4.78, 5) is 35.8. The van der Waals surface area contributed by atoms with E-state index in [-0.39, 0.29) is 23.2 Å². The van der Waals surface area contributed by atoms with Crippen LogP contribution in [0.3, 0.4) is 0 Å². The van der Waals surface area contributed by atoms with Gasteiger partial charge in [-0.1, -0.05) is 19.9 Å². The van der Waals surface area contributed by atoms with Crippen LogP contribution in [0.4, 0.5) is 13.2 Å². The van der Waals surface area contributed by atoms with Crippen LogP contribution in [0.25, 0.3) is 0 Å². The summed E-state index contributed by atoms with van der Waals surface area (Å²) in [6.07, 6.45) is -0.744. The summed E-state index contributed by atoms with van der Waals surface area (Å²) >= 11 is 0. The van der Waals surface area contributed by atoms with Gasteiger partial charge in [-0.15, -0.1) is 0 Å². The highest BCUT2D eigenvalue weighted by atomic mass is 19.4. The number of carbonyl (C=O) groups is 3. The average Bonchev–Trinajstić information content (AvgIpc) is 2.97. The quantitative estimate of drug-likeness (QED) is 0.464. The van der Waals surface area contributed by atoms with Gasteiger partial charge in [0.25, 0.3) is 0 Å². The minimum absolute atomic E-state index is 0.196. The van der Waals surface area contributed by atoms with Crippen LogP contribution in [0.2, 0.25) is 0 Å². The maximum atomic E-state index is 13.0. The lowest BCUT2D eigenvalue weighted by atomic mass is 9.47. The van der Waals surface area contributed by atoms with Crippen molar-refractivity contribution < 1.29 is 37.0 Å². The molecule has 0 aromatic carbocycles. The number of hydrogen-bond acceptors (Lipinski definition) is 5. The van der Waals surface area contributed by atoms with E-state index in [0.29, 0.717) is 37.0 Å². The normalized spacial score (nSPS) is 42.1. The molecule has 4 rings (SSSR count). The average molecular weight is 442 g/mol. The molecular formula is C23H29F3O5. The summed E-state index contributed by atoms with van der Waals surface area (Å²) in [6, 6.07) is 0. The Labute approximate surface area is 179 Å². The first-order valence-corrected chi connectivity index (χ1v) is 11.1. The molecule has 0 N–H and O–H groups in total. The first-order valence-electron chi connectivity index (χ1n) is 11.1. The van der Waals surface area contributed by atoms with Crippen molar-refractivity contribution in [3.8, 4) is 0 Å². The van der Waals surface area contributed by atoms with Crippen LogP contribution >= 0.6 is 0 Å². The van der Waals surface area contributed by atoms with Gasteiger partial charge in [0.15, 0.2) is 6.10 Å². The number of rotatable bonds is 2. The van der Waals surface area contributed by atoms with Gasteiger partial charge in [-0.2, -0.15) is 13.2 Å². The third-order valence-corrected chi connectivity index (χ3v) is 8.61. The van der Waals surface area contributed by atoms with Gasteiger partial charge >= 0.3 is 18.1 Å². The zero-order chi connectivity index (χ0) is 22.8. The Balaban J connectivity index is 1.68. The predicted octanol–water partition coefficient (Wildman–Crippen LogP) is 4.53. The van der Waals surface area contributed by atoms with E-state index in [4.69, 9.17) is 9.47 Å². The minimum Gasteiger partial charge on any atom is -0.458 e. The number of esters is 2. The molecule has 0 heterocycles. The Morgan fingerprint density at radius 3 is 2.32 bits per heavy atom. The summed E-state index contributed by atoms with van der Waals surface area (Å²) < 4.78 is 49.1. The molecule has 0 bridgehead atoms. The Hall–Kier alpha value is -1.86. The molecule has 3 saturated carbocycles. The molecule has 7 atom stereocenters. The van der Waals surface area contributed by atoms with Crippen LogP contribution in [-0.4, -0.2) is 36.1 Å². The lowest BCUT2D eigenvalue weighted by Crippen LogP contribution is -2.55. The molecule has 0 saturated heterocycles. The number of ketones is 1. The van der Waals surface area contributed by atoms with Crippen molar-refractivity contribution in [3.05, 3.63) is 11.6 Å².